The van der Waals surface area contributed by atoms with E-state index in [1.54, 1.807) is 6.92 Å². The van der Waals surface area contributed by atoms with Crippen LogP contribution < -0.4 is 0 Å². The van der Waals surface area contributed by atoms with E-state index in [0.717, 1.165) is 6.42 Å². The standard InChI is InChI=1S/C7H12O3/c1-3-4-7(9)10-6(2)5-8/h5-6H,3-4H2,1-2H3/t6-/m1/s1. The highest BCUT2D eigenvalue weighted by Gasteiger charge is 2.05. The van der Waals surface area contributed by atoms with Crippen LogP contribution in [0.2, 0.25) is 0 Å². The number of carbonyl (C=O) groups excluding carboxylic acids is 2. The fourth-order valence-electron chi connectivity index (χ4n) is 0.498. The van der Waals surface area contributed by atoms with Crippen molar-refractivity contribution in [1.29, 1.82) is 0 Å². The largest absolute Gasteiger partial charge is 0.455 e. The number of rotatable bonds is 4. The van der Waals surface area contributed by atoms with E-state index >= 15 is 0 Å². The van der Waals surface area contributed by atoms with Crippen molar-refractivity contribution in [3.8, 4) is 0 Å². The first-order valence-corrected chi connectivity index (χ1v) is 3.35. The smallest absolute Gasteiger partial charge is 0.306 e. The van der Waals surface area contributed by atoms with Crippen LogP contribution in [0, 0.1) is 0 Å². The van der Waals surface area contributed by atoms with E-state index < -0.39 is 6.10 Å². The summed E-state index contributed by atoms with van der Waals surface area (Å²) in [5.74, 6) is -0.304. The van der Waals surface area contributed by atoms with Crippen molar-refractivity contribution in [1.82, 2.24) is 0 Å². The van der Waals surface area contributed by atoms with E-state index in [2.05, 4.69) is 4.74 Å². The number of esters is 1. The fraction of sp³-hybridized carbons (Fsp3) is 0.714. The second-order valence-corrected chi connectivity index (χ2v) is 2.08. The summed E-state index contributed by atoms with van der Waals surface area (Å²) in [6.07, 6.45) is 1.15. The molecule has 0 radical (unpaired) electrons. The normalized spacial score (nSPS) is 12.2. The zero-order valence-corrected chi connectivity index (χ0v) is 6.29. The summed E-state index contributed by atoms with van der Waals surface area (Å²) >= 11 is 0. The molecule has 0 aromatic carbocycles. The van der Waals surface area contributed by atoms with Gasteiger partial charge in [0.25, 0.3) is 0 Å². The molecule has 0 aromatic heterocycles. The number of ether oxygens (including phenoxy) is 1. The summed E-state index contributed by atoms with van der Waals surface area (Å²) < 4.78 is 4.63. The van der Waals surface area contributed by atoms with Crippen molar-refractivity contribution in [2.24, 2.45) is 0 Å². The summed E-state index contributed by atoms with van der Waals surface area (Å²) in [5, 5.41) is 0. The predicted octanol–water partition coefficient (Wildman–Crippen LogP) is 0.917. The van der Waals surface area contributed by atoms with Gasteiger partial charge in [0.2, 0.25) is 0 Å². The second kappa shape index (κ2) is 4.97. The maximum Gasteiger partial charge on any atom is 0.306 e. The van der Waals surface area contributed by atoms with Crippen molar-refractivity contribution in [3.05, 3.63) is 0 Å². The van der Waals surface area contributed by atoms with Crippen LogP contribution in [0.4, 0.5) is 0 Å². The molecule has 0 saturated heterocycles. The SMILES string of the molecule is CCCC(=O)O[C@H](C)C=O. The van der Waals surface area contributed by atoms with Gasteiger partial charge in [0.15, 0.2) is 12.4 Å². The third-order valence-corrected chi connectivity index (χ3v) is 0.963. The first-order chi connectivity index (χ1) is 4.70. The average molecular weight is 144 g/mol. The molecule has 0 unspecified atom stereocenters. The molecule has 58 valence electrons. The van der Waals surface area contributed by atoms with Crippen molar-refractivity contribution >= 4 is 12.3 Å². The summed E-state index contributed by atoms with van der Waals surface area (Å²) in [6, 6.07) is 0. The van der Waals surface area contributed by atoms with Gasteiger partial charge in [0, 0.05) is 6.42 Å². The monoisotopic (exact) mass is 144 g/mol. The van der Waals surface area contributed by atoms with Crippen LogP contribution in [0.3, 0.4) is 0 Å². The zero-order valence-electron chi connectivity index (χ0n) is 6.29. The molecule has 0 heterocycles. The molecule has 0 fully saturated rings. The first-order valence-electron chi connectivity index (χ1n) is 3.35. The van der Waals surface area contributed by atoms with E-state index in [1.165, 1.54) is 0 Å². The molecule has 3 heteroatoms. The number of carbonyl (C=O) groups is 2. The Morgan fingerprint density at radius 2 is 2.30 bits per heavy atom. The highest BCUT2D eigenvalue weighted by molar-refractivity contribution is 5.72. The Hall–Kier alpha value is -0.860. The van der Waals surface area contributed by atoms with Crippen LogP contribution in [0.5, 0.6) is 0 Å². The van der Waals surface area contributed by atoms with E-state index in [9.17, 15) is 9.59 Å². The van der Waals surface area contributed by atoms with Crippen LogP contribution in [0.1, 0.15) is 26.7 Å². The van der Waals surface area contributed by atoms with Crippen molar-refractivity contribution in [2.45, 2.75) is 32.8 Å². The maximum atomic E-state index is 10.6. The van der Waals surface area contributed by atoms with Gasteiger partial charge in [-0.2, -0.15) is 0 Å². The average Bonchev–Trinajstić information content (AvgIpc) is 1.88. The van der Waals surface area contributed by atoms with E-state index in [0.29, 0.717) is 12.7 Å². The molecule has 0 rings (SSSR count). The highest BCUT2D eigenvalue weighted by Crippen LogP contribution is 1.94. The van der Waals surface area contributed by atoms with Crippen LogP contribution in [0.25, 0.3) is 0 Å². The lowest BCUT2D eigenvalue weighted by atomic mass is 10.3. The Morgan fingerprint density at radius 1 is 1.70 bits per heavy atom. The quantitative estimate of drug-likeness (QED) is 0.435. The van der Waals surface area contributed by atoms with Gasteiger partial charge in [-0.25, -0.2) is 0 Å². The molecule has 0 aliphatic rings. The second-order valence-electron chi connectivity index (χ2n) is 2.08. The van der Waals surface area contributed by atoms with Crippen LogP contribution >= 0.6 is 0 Å². The molecule has 10 heavy (non-hydrogen) atoms. The maximum absolute atomic E-state index is 10.6. The minimum absolute atomic E-state index is 0.304. The lowest BCUT2D eigenvalue weighted by molar-refractivity contribution is -0.150. The molecule has 0 saturated carbocycles. The number of aldehydes is 1. The lowest BCUT2D eigenvalue weighted by Gasteiger charge is -2.04. The van der Waals surface area contributed by atoms with E-state index in [1.807, 2.05) is 6.92 Å². The third-order valence-electron chi connectivity index (χ3n) is 0.963. The fourth-order valence-corrected chi connectivity index (χ4v) is 0.498. The van der Waals surface area contributed by atoms with Gasteiger partial charge in [0.05, 0.1) is 0 Å². The Kier molecular flexibility index (Phi) is 4.54. The minimum atomic E-state index is -0.598. The number of hydrogen-bond donors (Lipinski definition) is 0. The van der Waals surface area contributed by atoms with Crippen molar-refractivity contribution < 1.29 is 14.3 Å². The van der Waals surface area contributed by atoms with Gasteiger partial charge in [-0.05, 0) is 13.3 Å². The zero-order chi connectivity index (χ0) is 7.98. The number of hydrogen-bond acceptors (Lipinski definition) is 3. The first kappa shape index (κ1) is 9.14. The summed E-state index contributed by atoms with van der Waals surface area (Å²) in [6.45, 7) is 3.42. The molecule has 0 N–H and O–H groups in total. The molecule has 0 aliphatic heterocycles. The summed E-state index contributed by atoms with van der Waals surface area (Å²) in [7, 11) is 0. The Labute approximate surface area is 60.4 Å². The lowest BCUT2D eigenvalue weighted by Crippen LogP contribution is -2.15. The van der Waals surface area contributed by atoms with E-state index in [-0.39, 0.29) is 5.97 Å². The molecule has 0 spiro atoms. The van der Waals surface area contributed by atoms with Gasteiger partial charge in [-0.3, -0.25) is 9.59 Å². The molecular formula is C7H12O3. The van der Waals surface area contributed by atoms with Crippen LogP contribution in [-0.4, -0.2) is 18.4 Å². The molecule has 0 aromatic rings. The highest BCUT2D eigenvalue weighted by atomic mass is 16.5. The predicted molar refractivity (Wildman–Crippen MR) is 36.5 cm³/mol. The van der Waals surface area contributed by atoms with E-state index in [4.69, 9.17) is 0 Å². The molecule has 0 bridgehead atoms. The topological polar surface area (TPSA) is 43.4 Å². The van der Waals surface area contributed by atoms with Gasteiger partial charge in [-0.15, -0.1) is 0 Å². The third kappa shape index (κ3) is 4.06. The van der Waals surface area contributed by atoms with Crippen molar-refractivity contribution in [2.75, 3.05) is 0 Å². The summed E-state index contributed by atoms with van der Waals surface area (Å²) in [4.78, 5) is 20.6. The molecule has 3 nitrogen and oxygen atoms in total. The van der Waals surface area contributed by atoms with Gasteiger partial charge >= 0.3 is 5.97 Å². The van der Waals surface area contributed by atoms with Gasteiger partial charge in [0.1, 0.15) is 0 Å². The molecule has 0 aliphatic carbocycles. The van der Waals surface area contributed by atoms with Gasteiger partial charge < -0.3 is 4.74 Å². The Bertz CT molecular complexity index is 120. The minimum Gasteiger partial charge on any atom is -0.455 e. The summed E-state index contributed by atoms with van der Waals surface area (Å²) in [5.41, 5.74) is 0. The van der Waals surface area contributed by atoms with Crippen molar-refractivity contribution in [3.63, 3.8) is 0 Å². The van der Waals surface area contributed by atoms with Gasteiger partial charge in [-0.1, -0.05) is 6.92 Å². The molecule has 1 atom stereocenters. The van der Waals surface area contributed by atoms with Crippen LogP contribution in [-0.2, 0) is 14.3 Å². The Morgan fingerprint density at radius 3 is 2.70 bits per heavy atom. The molecular weight excluding hydrogens is 132 g/mol. The Balaban J connectivity index is 3.46. The molecule has 0 amide bonds. The van der Waals surface area contributed by atoms with Crippen LogP contribution in [0.15, 0.2) is 0 Å².